The zero-order valence-electron chi connectivity index (χ0n) is 8.79. The monoisotopic (exact) mass is 226 g/mol. The predicted octanol–water partition coefficient (Wildman–Crippen LogP) is 2.79. The molecule has 0 atom stereocenters. The standard InChI is InChI=1S/C12H15ClO2/c1-9-4-5-10(3-2-6-13)7-11(9)8-12(14)15/h4-5,7H,2-3,6,8H2,1H3,(H,14,15). The summed E-state index contributed by atoms with van der Waals surface area (Å²) in [6.07, 6.45) is 1.94. The summed E-state index contributed by atoms with van der Waals surface area (Å²) in [4.78, 5) is 10.6. The molecular weight excluding hydrogens is 212 g/mol. The van der Waals surface area contributed by atoms with Crippen LogP contribution >= 0.6 is 11.6 Å². The van der Waals surface area contributed by atoms with Gasteiger partial charge in [0.25, 0.3) is 0 Å². The van der Waals surface area contributed by atoms with Crippen LogP contribution < -0.4 is 0 Å². The van der Waals surface area contributed by atoms with Crippen LogP contribution in [-0.4, -0.2) is 17.0 Å². The van der Waals surface area contributed by atoms with Crippen LogP contribution in [0.3, 0.4) is 0 Å². The lowest BCUT2D eigenvalue weighted by molar-refractivity contribution is -0.136. The summed E-state index contributed by atoms with van der Waals surface area (Å²) in [5.41, 5.74) is 3.10. The highest BCUT2D eigenvalue weighted by Crippen LogP contribution is 2.13. The molecule has 0 heterocycles. The average Bonchev–Trinajstić information content (AvgIpc) is 2.18. The van der Waals surface area contributed by atoms with E-state index >= 15 is 0 Å². The smallest absolute Gasteiger partial charge is 0.307 e. The van der Waals surface area contributed by atoms with Gasteiger partial charge in [0.05, 0.1) is 6.42 Å². The van der Waals surface area contributed by atoms with Gasteiger partial charge in [-0.3, -0.25) is 4.79 Å². The van der Waals surface area contributed by atoms with Crippen LogP contribution in [0.4, 0.5) is 0 Å². The summed E-state index contributed by atoms with van der Waals surface area (Å²) in [7, 11) is 0. The number of hydrogen-bond donors (Lipinski definition) is 1. The minimum absolute atomic E-state index is 0.0978. The van der Waals surface area contributed by atoms with E-state index in [1.165, 1.54) is 0 Å². The number of carbonyl (C=O) groups is 1. The lowest BCUT2D eigenvalue weighted by Crippen LogP contribution is -2.02. The number of carboxylic acids is 1. The van der Waals surface area contributed by atoms with Crippen LogP contribution in [0.15, 0.2) is 18.2 Å². The Kier molecular flexibility index (Phi) is 4.63. The number of aliphatic carboxylic acids is 1. The van der Waals surface area contributed by atoms with E-state index in [2.05, 4.69) is 0 Å². The first kappa shape index (κ1) is 12.1. The zero-order valence-corrected chi connectivity index (χ0v) is 9.55. The third-order valence-electron chi connectivity index (χ3n) is 2.35. The molecule has 82 valence electrons. The number of aryl methyl sites for hydroxylation is 2. The molecule has 1 aromatic carbocycles. The fourth-order valence-corrected chi connectivity index (χ4v) is 1.64. The molecule has 1 rings (SSSR count). The van der Waals surface area contributed by atoms with Gasteiger partial charge in [-0.25, -0.2) is 0 Å². The molecule has 0 radical (unpaired) electrons. The van der Waals surface area contributed by atoms with Gasteiger partial charge in [-0.05, 0) is 36.5 Å². The van der Waals surface area contributed by atoms with E-state index in [1.807, 2.05) is 25.1 Å². The lowest BCUT2D eigenvalue weighted by Gasteiger charge is -2.06. The van der Waals surface area contributed by atoms with E-state index in [0.717, 1.165) is 29.5 Å². The molecule has 0 spiro atoms. The number of rotatable bonds is 5. The predicted molar refractivity (Wildman–Crippen MR) is 61.6 cm³/mol. The van der Waals surface area contributed by atoms with Crippen LogP contribution in [0.25, 0.3) is 0 Å². The second-order valence-electron chi connectivity index (χ2n) is 3.62. The summed E-state index contributed by atoms with van der Waals surface area (Å²) < 4.78 is 0. The Hall–Kier alpha value is -1.02. The Balaban J connectivity index is 2.80. The molecule has 1 N–H and O–H groups in total. The summed E-state index contributed by atoms with van der Waals surface area (Å²) >= 11 is 5.61. The van der Waals surface area contributed by atoms with Gasteiger partial charge >= 0.3 is 5.97 Å². The Morgan fingerprint density at radius 1 is 1.47 bits per heavy atom. The van der Waals surface area contributed by atoms with Gasteiger partial charge in [0.15, 0.2) is 0 Å². The topological polar surface area (TPSA) is 37.3 Å². The highest BCUT2D eigenvalue weighted by Gasteiger charge is 2.05. The van der Waals surface area contributed by atoms with Gasteiger partial charge in [0.2, 0.25) is 0 Å². The molecule has 0 aromatic heterocycles. The number of hydrogen-bond acceptors (Lipinski definition) is 1. The van der Waals surface area contributed by atoms with Crippen LogP contribution in [-0.2, 0) is 17.6 Å². The molecule has 0 bridgehead atoms. The summed E-state index contributed by atoms with van der Waals surface area (Å²) in [6, 6.07) is 5.98. The number of halogens is 1. The molecule has 0 aliphatic rings. The van der Waals surface area contributed by atoms with E-state index in [9.17, 15) is 4.79 Å². The van der Waals surface area contributed by atoms with Gasteiger partial charge in [-0.1, -0.05) is 18.2 Å². The van der Waals surface area contributed by atoms with Crippen LogP contribution in [0.5, 0.6) is 0 Å². The van der Waals surface area contributed by atoms with Crippen molar-refractivity contribution in [1.82, 2.24) is 0 Å². The quantitative estimate of drug-likeness (QED) is 0.784. The fraction of sp³-hybridized carbons (Fsp3) is 0.417. The summed E-state index contributed by atoms with van der Waals surface area (Å²) in [6.45, 7) is 1.93. The Morgan fingerprint density at radius 2 is 2.20 bits per heavy atom. The van der Waals surface area contributed by atoms with Crippen molar-refractivity contribution in [2.75, 3.05) is 5.88 Å². The maximum Gasteiger partial charge on any atom is 0.307 e. The molecule has 15 heavy (non-hydrogen) atoms. The normalized spacial score (nSPS) is 10.3. The first-order valence-electron chi connectivity index (χ1n) is 4.99. The van der Waals surface area contributed by atoms with E-state index in [0.29, 0.717) is 5.88 Å². The van der Waals surface area contributed by atoms with Crippen molar-refractivity contribution in [2.45, 2.75) is 26.2 Å². The largest absolute Gasteiger partial charge is 0.481 e. The van der Waals surface area contributed by atoms with Gasteiger partial charge in [-0.2, -0.15) is 0 Å². The first-order chi connectivity index (χ1) is 7.13. The van der Waals surface area contributed by atoms with E-state index in [-0.39, 0.29) is 6.42 Å². The molecule has 3 heteroatoms. The zero-order chi connectivity index (χ0) is 11.3. The molecule has 0 saturated carbocycles. The SMILES string of the molecule is Cc1ccc(CCCCl)cc1CC(=O)O. The van der Waals surface area contributed by atoms with Crippen molar-refractivity contribution in [2.24, 2.45) is 0 Å². The third-order valence-corrected chi connectivity index (χ3v) is 2.62. The van der Waals surface area contributed by atoms with E-state index < -0.39 is 5.97 Å². The molecule has 0 saturated heterocycles. The second-order valence-corrected chi connectivity index (χ2v) is 4.00. The lowest BCUT2D eigenvalue weighted by atomic mass is 10.0. The van der Waals surface area contributed by atoms with Crippen LogP contribution in [0.1, 0.15) is 23.1 Å². The van der Waals surface area contributed by atoms with Crippen molar-refractivity contribution in [3.63, 3.8) is 0 Å². The summed E-state index contributed by atoms with van der Waals surface area (Å²) in [5.74, 6) is -0.144. The van der Waals surface area contributed by atoms with Crippen LogP contribution in [0.2, 0.25) is 0 Å². The molecule has 0 fully saturated rings. The number of alkyl halides is 1. The number of benzene rings is 1. The average molecular weight is 227 g/mol. The fourth-order valence-electron chi connectivity index (χ4n) is 1.50. The van der Waals surface area contributed by atoms with Gasteiger partial charge in [0.1, 0.15) is 0 Å². The molecule has 0 aliphatic carbocycles. The molecule has 0 amide bonds. The highest BCUT2D eigenvalue weighted by molar-refractivity contribution is 6.17. The minimum atomic E-state index is -0.785. The van der Waals surface area contributed by atoms with Crippen molar-refractivity contribution in [1.29, 1.82) is 0 Å². The Bertz CT molecular complexity index is 347. The van der Waals surface area contributed by atoms with Crippen LogP contribution in [0, 0.1) is 6.92 Å². The maximum absolute atomic E-state index is 10.6. The molecule has 2 nitrogen and oxygen atoms in total. The Morgan fingerprint density at radius 3 is 2.80 bits per heavy atom. The third kappa shape index (κ3) is 3.92. The van der Waals surface area contributed by atoms with E-state index in [4.69, 9.17) is 16.7 Å². The first-order valence-corrected chi connectivity index (χ1v) is 5.53. The van der Waals surface area contributed by atoms with Gasteiger partial charge in [0, 0.05) is 5.88 Å². The van der Waals surface area contributed by atoms with Gasteiger partial charge < -0.3 is 5.11 Å². The molecule has 1 aromatic rings. The van der Waals surface area contributed by atoms with Crippen molar-refractivity contribution >= 4 is 17.6 Å². The van der Waals surface area contributed by atoms with Crippen molar-refractivity contribution in [3.05, 3.63) is 34.9 Å². The second kappa shape index (κ2) is 5.76. The number of carboxylic acid groups (broad SMARTS) is 1. The molecular formula is C12H15ClO2. The molecule has 0 unspecified atom stereocenters. The minimum Gasteiger partial charge on any atom is -0.481 e. The Labute approximate surface area is 94.9 Å². The van der Waals surface area contributed by atoms with Gasteiger partial charge in [-0.15, -0.1) is 11.6 Å². The van der Waals surface area contributed by atoms with E-state index in [1.54, 1.807) is 0 Å². The van der Waals surface area contributed by atoms with Crippen molar-refractivity contribution < 1.29 is 9.90 Å². The molecule has 0 aliphatic heterocycles. The summed E-state index contributed by atoms with van der Waals surface area (Å²) in [5, 5.41) is 8.74. The van der Waals surface area contributed by atoms with Crippen molar-refractivity contribution in [3.8, 4) is 0 Å². The highest BCUT2D eigenvalue weighted by atomic mass is 35.5. The maximum atomic E-state index is 10.6.